The third-order valence-electron chi connectivity index (χ3n) is 6.76. The van der Waals surface area contributed by atoms with Gasteiger partial charge in [-0.15, -0.1) is 0 Å². The maximum Gasteiger partial charge on any atom is 0.173 e. The summed E-state index contributed by atoms with van der Waals surface area (Å²) in [6.45, 7) is 1.99. The molecule has 2 nitrogen and oxygen atoms in total. The van der Waals surface area contributed by atoms with E-state index in [-0.39, 0.29) is 17.5 Å². The number of halogens is 2. The van der Waals surface area contributed by atoms with E-state index in [0.717, 1.165) is 32.1 Å². The Labute approximate surface area is 141 Å². The van der Waals surface area contributed by atoms with Crippen LogP contribution in [0.25, 0.3) is 0 Å². The molecular formula is C19H22ClFO2. The minimum atomic E-state index is -1.27. The molecular weight excluding hydrogens is 315 g/mol. The molecule has 3 aliphatic carbocycles. The van der Waals surface area contributed by atoms with Crippen molar-refractivity contribution in [3.63, 3.8) is 0 Å². The van der Waals surface area contributed by atoms with Gasteiger partial charge in [0.1, 0.15) is 5.75 Å². The van der Waals surface area contributed by atoms with Crippen LogP contribution in [0.4, 0.5) is 4.39 Å². The highest BCUT2D eigenvalue weighted by molar-refractivity contribution is 6.32. The molecule has 1 unspecified atom stereocenters. The van der Waals surface area contributed by atoms with E-state index in [0.29, 0.717) is 23.3 Å². The number of Topliss-reactive ketones (excluding diaryl/α,β-unsaturated/α-hetero) is 1. The fraction of sp³-hybridized carbons (Fsp3) is 0.632. The minimum absolute atomic E-state index is 0.151. The Morgan fingerprint density at radius 3 is 2.83 bits per heavy atom. The number of fused-ring (bicyclic) bond motifs is 5. The molecule has 124 valence electrons. The first-order chi connectivity index (χ1) is 10.9. The first-order valence-corrected chi connectivity index (χ1v) is 8.99. The number of rotatable bonds is 0. The van der Waals surface area contributed by atoms with Crippen LogP contribution in [0.3, 0.4) is 0 Å². The molecule has 0 heterocycles. The molecule has 3 aliphatic rings. The molecule has 5 atom stereocenters. The molecule has 4 rings (SSSR count). The summed E-state index contributed by atoms with van der Waals surface area (Å²) in [5, 5.41) is 10.2. The van der Waals surface area contributed by atoms with E-state index in [1.165, 1.54) is 11.1 Å². The van der Waals surface area contributed by atoms with E-state index in [1.807, 2.05) is 13.0 Å². The Balaban J connectivity index is 1.72. The summed E-state index contributed by atoms with van der Waals surface area (Å²) >= 11 is 6.13. The number of carbonyl (C=O) groups excluding carboxylic acids is 1. The van der Waals surface area contributed by atoms with Gasteiger partial charge in [-0.25, -0.2) is 4.39 Å². The summed E-state index contributed by atoms with van der Waals surface area (Å²) in [4.78, 5) is 12.5. The number of alkyl halides is 1. The summed E-state index contributed by atoms with van der Waals surface area (Å²) in [6.07, 6.45) is 3.51. The fourth-order valence-electron chi connectivity index (χ4n) is 5.55. The van der Waals surface area contributed by atoms with Gasteiger partial charge in [-0.2, -0.15) is 0 Å². The average molecular weight is 337 g/mol. The molecule has 0 amide bonds. The number of ketones is 1. The van der Waals surface area contributed by atoms with E-state index >= 15 is 0 Å². The largest absolute Gasteiger partial charge is 0.506 e. The highest BCUT2D eigenvalue weighted by atomic mass is 35.5. The van der Waals surface area contributed by atoms with Gasteiger partial charge in [0.15, 0.2) is 12.0 Å². The molecule has 1 N–H and O–H groups in total. The highest BCUT2D eigenvalue weighted by Crippen LogP contribution is 2.59. The van der Waals surface area contributed by atoms with E-state index in [4.69, 9.17) is 11.6 Å². The quantitative estimate of drug-likeness (QED) is 0.738. The van der Waals surface area contributed by atoms with Gasteiger partial charge in [-0.1, -0.05) is 18.5 Å². The minimum Gasteiger partial charge on any atom is -0.506 e. The Morgan fingerprint density at radius 1 is 1.26 bits per heavy atom. The zero-order valence-electron chi connectivity index (χ0n) is 13.3. The molecule has 0 bridgehead atoms. The van der Waals surface area contributed by atoms with Crippen molar-refractivity contribution in [3.05, 3.63) is 28.3 Å². The monoisotopic (exact) mass is 336 g/mol. The van der Waals surface area contributed by atoms with Gasteiger partial charge in [0.2, 0.25) is 0 Å². The van der Waals surface area contributed by atoms with Crippen LogP contribution in [0.5, 0.6) is 5.75 Å². The summed E-state index contributed by atoms with van der Waals surface area (Å²) < 4.78 is 14.0. The average Bonchev–Trinajstić information content (AvgIpc) is 2.52. The summed E-state index contributed by atoms with van der Waals surface area (Å²) in [5.41, 5.74) is 1.93. The fourth-order valence-corrected chi connectivity index (χ4v) is 5.73. The van der Waals surface area contributed by atoms with Crippen LogP contribution < -0.4 is 0 Å². The van der Waals surface area contributed by atoms with Gasteiger partial charge in [0, 0.05) is 5.41 Å². The number of carbonyl (C=O) groups is 1. The van der Waals surface area contributed by atoms with E-state index in [2.05, 4.69) is 0 Å². The number of phenolic OH excluding ortho intramolecular Hbond substituents is 1. The van der Waals surface area contributed by atoms with Gasteiger partial charge in [-0.05, 0) is 79.5 Å². The van der Waals surface area contributed by atoms with Crippen LogP contribution in [0, 0.1) is 17.3 Å². The number of aryl methyl sites for hydroxylation is 1. The number of aromatic hydroxyl groups is 1. The first kappa shape index (κ1) is 15.4. The third-order valence-corrected chi connectivity index (χ3v) is 7.06. The predicted molar refractivity (Wildman–Crippen MR) is 87.6 cm³/mol. The van der Waals surface area contributed by atoms with Crippen molar-refractivity contribution in [2.45, 2.75) is 57.5 Å². The van der Waals surface area contributed by atoms with E-state index < -0.39 is 11.6 Å². The topological polar surface area (TPSA) is 37.3 Å². The Morgan fingerprint density at radius 2 is 2.04 bits per heavy atom. The molecule has 0 radical (unpaired) electrons. The Kier molecular flexibility index (Phi) is 3.49. The van der Waals surface area contributed by atoms with Crippen molar-refractivity contribution in [3.8, 4) is 5.75 Å². The predicted octanol–water partition coefficient (Wildman–Crippen LogP) is 4.81. The van der Waals surface area contributed by atoms with Crippen molar-refractivity contribution < 1.29 is 14.3 Å². The van der Waals surface area contributed by atoms with Crippen molar-refractivity contribution >= 4 is 17.4 Å². The lowest BCUT2D eigenvalue weighted by Gasteiger charge is -2.53. The molecule has 2 fully saturated rings. The molecule has 23 heavy (non-hydrogen) atoms. The van der Waals surface area contributed by atoms with E-state index in [9.17, 15) is 14.3 Å². The molecule has 0 saturated heterocycles. The zero-order valence-corrected chi connectivity index (χ0v) is 14.1. The van der Waals surface area contributed by atoms with Crippen molar-refractivity contribution in [1.29, 1.82) is 0 Å². The maximum absolute atomic E-state index is 14.0. The molecule has 1 aromatic carbocycles. The van der Waals surface area contributed by atoms with Crippen LogP contribution in [0.1, 0.15) is 56.1 Å². The van der Waals surface area contributed by atoms with Crippen LogP contribution in [0.15, 0.2) is 12.1 Å². The van der Waals surface area contributed by atoms with Crippen LogP contribution in [0.2, 0.25) is 5.02 Å². The number of phenols is 1. The number of hydrogen-bond acceptors (Lipinski definition) is 2. The highest BCUT2D eigenvalue weighted by Gasteiger charge is 2.55. The maximum atomic E-state index is 14.0. The molecule has 0 spiro atoms. The number of hydrogen-bond donors (Lipinski definition) is 1. The van der Waals surface area contributed by atoms with Gasteiger partial charge in [0.05, 0.1) is 5.02 Å². The van der Waals surface area contributed by atoms with Crippen molar-refractivity contribution in [1.82, 2.24) is 0 Å². The molecule has 1 aromatic rings. The van der Waals surface area contributed by atoms with Crippen LogP contribution in [-0.2, 0) is 11.2 Å². The lowest BCUT2D eigenvalue weighted by Crippen LogP contribution is -2.52. The lowest BCUT2D eigenvalue weighted by atomic mass is 9.50. The molecule has 0 aromatic heterocycles. The second-order valence-corrected chi connectivity index (χ2v) is 8.19. The second kappa shape index (κ2) is 5.20. The Bertz CT molecular complexity index is 674. The second-order valence-electron chi connectivity index (χ2n) is 7.78. The molecule has 2 saturated carbocycles. The SMILES string of the molecule is C[C@]12CC[C@@H]3c4cc(Cl)c(O)cc4CC[C@H]3[C@@H]1CCC(F)C2=O. The van der Waals surface area contributed by atoms with Gasteiger partial charge < -0.3 is 5.11 Å². The van der Waals surface area contributed by atoms with Gasteiger partial charge in [-0.3, -0.25) is 4.79 Å². The normalized spacial score (nSPS) is 39.3. The van der Waals surface area contributed by atoms with Crippen LogP contribution in [-0.4, -0.2) is 17.1 Å². The zero-order chi connectivity index (χ0) is 16.4. The summed E-state index contributed by atoms with van der Waals surface area (Å²) in [5.74, 6) is 1.08. The molecule has 4 heteroatoms. The Hall–Kier alpha value is -1.09. The standard InChI is InChI=1S/C19H22ClFO2/c1-19-7-6-11-12(14(19)4-5-16(21)18(19)23)3-2-10-8-17(22)15(20)9-13(10)11/h8-9,11-12,14,16,22H,2-7H2,1H3/t11-,12+,14-,16?,19-/m0/s1. The summed E-state index contributed by atoms with van der Waals surface area (Å²) in [6, 6.07) is 3.71. The van der Waals surface area contributed by atoms with E-state index in [1.54, 1.807) is 6.07 Å². The molecule has 0 aliphatic heterocycles. The first-order valence-electron chi connectivity index (χ1n) is 8.61. The summed E-state index contributed by atoms with van der Waals surface area (Å²) in [7, 11) is 0. The van der Waals surface area contributed by atoms with Crippen molar-refractivity contribution in [2.75, 3.05) is 0 Å². The van der Waals surface area contributed by atoms with Crippen molar-refractivity contribution in [2.24, 2.45) is 17.3 Å². The third kappa shape index (κ3) is 2.15. The lowest BCUT2D eigenvalue weighted by molar-refractivity contribution is -0.147. The van der Waals surface area contributed by atoms with Gasteiger partial charge >= 0.3 is 0 Å². The number of benzene rings is 1. The van der Waals surface area contributed by atoms with Gasteiger partial charge in [0.25, 0.3) is 0 Å². The van der Waals surface area contributed by atoms with Crippen LogP contribution >= 0.6 is 11.6 Å². The smallest absolute Gasteiger partial charge is 0.173 e.